The second-order valence-corrected chi connectivity index (χ2v) is 5.10. The minimum Gasteiger partial charge on any atom is -0.431 e. The number of hydrogen-bond acceptors (Lipinski definition) is 6. The van der Waals surface area contributed by atoms with Crippen LogP contribution in [0.1, 0.15) is 11.1 Å². The van der Waals surface area contributed by atoms with E-state index in [2.05, 4.69) is 4.98 Å². The zero-order chi connectivity index (χ0) is 15.4. The molecule has 1 aromatic heterocycles. The van der Waals surface area contributed by atoms with Crippen LogP contribution in [0.5, 0.6) is 11.6 Å². The number of nitriles is 1. The maximum absolute atomic E-state index is 11.1. The average Bonchev–Trinajstić information content (AvgIpc) is 2.49. The van der Waals surface area contributed by atoms with Gasteiger partial charge in [-0.2, -0.15) is 5.26 Å². The van der Waals surface area contributed by atoms with Crippen LogP contribution in [0, 0.1) is 25.0 Å². The molecule has 0 saturated carbocycles. The molecule has 0 unspecified atom stereocenters. The van der Waals surface area contributed by atoms with Crippen molar-refractivity contribution in [2.24, 2.45) is 0 Å². The summed E-state index contributed by atoms with van der Waals surface area (Å²) in [6, 6.07) is 7.61. The van der Waals surface area contributed by atoms with Crippen molar-refractivity contribution in [2.45, 2.75) is 6.61 Å². The number of ether oxygens (including phenoxy) is 1. The van der Waals surface area contributed by atoms with Gasteiger partial charge in [-0.1, -0.05) is 0 Å². The lowest BCUT2D eigenvalue weighted by Gasteiger charge is -2.08. The number of aromatic nitrogens is 1. The molecule has 8 heteroatoms. The number of pyridine rings is 1. The second kappa shape index (κ2) is 6.47. The van der Waals surface area contributed by atoms with Gasteiger partial charge in [0.2, 0.25) is 11.6 Å². The summed E-state index contributed by atoms with van der Waals surface area (Å²) in [5, 5.41) is 28.9. The van der Waals surface area contributed by atoms with Crippen LogP contribution in [-0.2, 0) is 6.61 Å². The fourth-order valence-electron chi connectivity index (χ4n) is 1.55. The van der Waals surface area contributed by atoms with Crippen molar-refractivity contribution in [3.8, 4) is 17.7 Å². The third kappa shape index (κ3) is 3.45. The normalized spacial score (nSPS) is 9.95. The lowest BCUT2D eigenvalue weighted by atomic mass is 10.2. The van der Waals surface area contributed by atoms with E-state index < -0.39 is 4.92 Å². The van der Waals surface area contributed by atoms with Crippen LogP contribution < -0.4 is 4.74 Å². The molecule has 1 aromatic carbocycles. The highest BCUT2D eigenvalue weighted by molar-refractivity contribution is 14.1. The highest BCUT2D eigenvalue weighted by atomic mass is 127. The fraction of sp³-hybridized carbons (Fsp3) is 0.0769. The van der Waals surface area contributed by atoms with E-state index in [1.807, 2.05) is 28.7 Å². The number of halogens is 1. The first kappa shape index (κ1) is 15.1. The molecule has 0 spiro atoms. The summed E-state index contributed by atoms with van der Waals surface area (Å²) < 4.78 is 5.89. The zero-order valence-corrected chi connectivity index (χ0v) is 12.6. The molecule has 0 aliphatic carbocycles. The van der Waals surface area contributed by atoms with E-state index in [-0.39, 0.29) is 29.5 Å². The zero-order valence-electron chi connectivity index (χ0n) is 10.5. The molecule has 0 atom stereocenters. The minimum atomic E-state index is -0.611. The maximum atomic E-state index is 11.1. The smallest absolute Gasteiger partial charge is 0.314 e. The number of rotatable bonds is 4. The van der Waals surface area contributed by atoms with E-state index in [1.165, 1.54) is 18.3 Å². The summed E-state index contributed by atoms with van der Waals surface area (Å²) in [5.74, 6) is 0.196. The number of nitro groups is 1. The van der Waals surface area contributed by atoms with Gasteiger partial charge < -0.3 is 9.84 Å². The SMILES string of the molecule is N#Cc1cc(I)c(Oc2ccc(CO)cn2)c([N+](=O)[O-])c1. The topological polar surface area (TPSA) is 109 Å². The molecule has 106 valence electrons. The molecule has 0 aliphatic heterocycles. The van der Waals surface area contributed by atoms with Gasteiger partial charge in [0.1, 0.15) is 0 Å². The van der Waals surface area contributed by atoms with Gasteiger partial charge in [-0.05, 0) is 40.3 Å². The first-order valence-corrected chi connectivity index (χ1v) is 6.74. The number of nitrogens with zero attached hydrogens (tertiary/aromatic N) is 3. The Bertz CT molecular complexity index is 725. The molecule has 0 aliphatic rings. The van der Waals surface area contributed by atoms with E-state index in [1.54, 1.807) is 6.07 Å². The Morgan fingerprint density at radius 1 is 1.48 bits per heavy atom. The summed E-state index contributed by atoms with van der Waals surface area (Å²) in [4.78, 5) is 14.4. The van der Waals surface area contributed by atoms with E-state index in [0.29, 0.717) is 9.13 Å². The van der Waals surface area contributed by atoms with Crippen molar-refractivity contribution in [1.82, 2.24) is 4.98 Å². The van der Waals surface area contributed by atoms with Crippen LogP contribution in [0.3, 0.4) is 0 Å². The minimum absolute atomic E-state index is 0.0313. The number of aliphatic hydroxyl groups is 1. The Morgan fingerprint density at radius 3 is 2.76 bits per heavy atom. The van der Waals surface area contributed by atoms with Gasteiger partial charge in [0.25, 0.3) is 0 Å². The molecule has 0 bridgehead atoms. The van der Waals surface area contributed by atoms with Crippen molar-refractivity contribution in [2.75, 3.05) is 0 Å². The Labute approximate surface area is 133 Å². The first-order chi connectivity index (χ1) is 10.0. The Kier molecular flexibility index (Phi) is 4.66. The van der Waals surface area contributed by atoms with Crippen LogP contribution in [0.25, 0.3) is 0 Å². The van der Waals surface area contributed by atoms with Crippen LogP contribution in [0.4, 0.5) is 5.69 Å². The molecule has 21 heavy (non-hydrogen) atoms. The highest BCUT2D eigenvalue weighted by Gasteiger charge is 2.21. The van der Waals surface area contributed by atoms with Gasteiger partial charge in [0.15, 0.2) is 0 Å². The van der Waals surface area contributed by atoms with Crippen molar-refractivity contribution in [1.29, 1.82) is 5.26 Å². The van der Waals surface area contributed by atoms with Crippen molar-refractivity contribution in [3.63, 3.8) is 0 Å². The average molecular weight is 397 g/mol. The molecular weight excluding hydrogens is 389 g/mol. The lowest BCUT2D eigenvalue weighted by Crippen LogP contribution is -1.98. The van der Waals surface area contributed by atoms with E-state index >= 15 is 0 Å². The quantitative estimate of drug-likeness (QED) is 0.483. The molecule has 0 saturated heterocycles. The highest BCUT2D eigenvalue weighted by Crippen LogP contribution is 2.36. The molecule has 1 N–H and O–H groups in total. The largest absolute Gasteiger partial charge is 0.431 e. The second-order valence-electron chi connectivity index (χ2n) is 3.94. The van der Waals surface area contributed by atoms with Gasteiger partial charge >= 0.3 is 5.69 Å². The standard InChI is InChI=1S/C13H8IN3O4/c14-10-3-9(5-15)4-11(17(19)20)13(10)21-12-2-1-8(7-18)6-16-12/h1-4,6,18H,7H2. The van der Waals surface area contributed by atoms with E-state index in [4.69, 9.17) is 15.1 Å². The molecule has 0 amide bonds. The fourth-order valence-corrected chi connectivity index (χ4v) is 2.27. The van der Waals surface area contributed by atoms with Gasteiger partial charge in [0, 0.05) is 18.3 Å². The van der Waals surface area contributed by atoms with Crippen LogP contribution in [0.15, 0.2) is 30.5 Å². The van der Waals surface area contributed by atoms with E-state index in [0.717, 1.165) is 6.07 Å². The predicted octanol–water partition coefficient (Wildman–Crippen LogP) is 2.75. The molecule has 1 heterocycles. The number of hydrogen-bond donors (Lipinski definition) is 1. The maximum Gasteiger partial charge on any atom is 0.314 e. The number of nitro benzene ring substituents is 1. The molecular formula is C13H8IN3O4. The summed E-state index contributed by atoms with van der Waals surface area (Å²) in [6.45, 7) is -0.151. The Morgan fingerprint density at radius 2 is 2.24 bits per heavy atom. The van der Waals surface area contributed by atoms with Crippen LogP contribution in [-0.4, -0.2) is 15.0 Å². The predicted molar refractivity (Wildman–Crippen MR) is 80.8 cm³/mol. The van der Waals surface area contributed by atoms with Crippen LogP contribution >= 0.6 is 22.6 Å². The van der Waals surface area contributed by atoms with Crippen molar-refractivity contribution in [3.05, 3.63) is 55.3 Å². The van der Waals surface area contributed by atoms with Crippen molar-refractivity contribution >= 4 is 28.3 Å². The number of benzene rings is 1. The lowest BCUT2D eigenvalue weighted by molar-refractivity contribution is -0.385. The summed E-state index contributed by atoms with van der Waals surface area (Å²) in [7, 11) is 0. The molecule has 7 nitrogen and oxygen atoms in total. The molecule has 2 aromatic rings. The van der Waals surface area contributed by atoms with Crippen molar-refractivity contribution < 1.29 is 14.8 Å². The molecule has 2 rings (SSSR count). The summed E-state index contributed by atoms with van der Waals surface area (Å²) >= 11 is 1.86. The van der Waals surface area contributed by atoms with Gasteiger partial charge in [-0.25, -0.2) is 4.98 Å². The van der Waals surface area contributed by atoms with Gasteiger partial charge in [-0.15, -0.1) is 0 Å². The van der Waals surface area contributed by atoms with Crippen LogP contribution in [0.2, 0.25) is 0 Å². The number of aliphatic hydroxyl groups excluding tert-OH is 1. The van der Waals surface area contributed by atoms with Gasteiger partial charge in [-0.3, -0.25) is 10.1 Å². The monoisotopic (exact) mass is 397 g/mol. The first-order valence-electron chi connectivity index (χ1n) is 5.67. The summed E-state index contributed by atoms with van der Waals surface area (Å²) in [6.07, 6.45) is 1.41. The Hall–Kier alpha value is -2.25. The molecule has 0 radical (unpaired) electrons. The van der Waals surface area contributed by atoms with E-state index in [9.17, 15) is 10.1 Å². The third-order valence-corrected chi connectivity index (χ3v) is 3.34. The van der Waals surface area contributed by atoms with Gasteiger partial charge in [0.05, 0.1) is 26.7 Å². The Balaban J connectivity index is 2.43. The molecule has 0 fully saturated rings. The third-order valence-electron chi connectivity index (χ3n) is 2.54. The summed E-state index contributed by atoms with van der Waals surface area (Å²) in [5.41, 5.74) is 0.486.